The van der Waals surface area contributed by atoms with Crippen LogP contribution in [0, 0.1) is 0 Å². The number of methoxy groups -OCH3 is 1. The van der Waals surface area contributed by atoms with Crippen LogP contribution in [0.5, 0.6) is 0 Å². The Balaban J connectivity index is 1.94. The van der Waals surface area contributed by atoms with Gasteiger partial charge in [-0.05, 0) is 19.8 Å². The third-order valence-electron chi connectivity index (χ3n) is 4.25. The Morgan fingerprint density at radius 3 is 2.60 bits per heavy atom. The van der Waals surface area contributed by atoms with E-state index in [0.29, 0.717) is 26.4 Å². The summed E-state index contributed by atoms with van der Waals surface area (Å²) in [6.45, 7) is 3.70. The fourth-order valence-electron chi connectivity index (χ4n) is 3.01. The van der Waals surface area contributed by atoms with Gasteiger partial charge < -0.3 is 19.7 Å². The van der Waals surface area contributed by atoms with Crippen LogP contribution in [0.15, 0.2) is 0 Å². The maximum atomic E-state index is 12.7. The van der Waals surface area contributed by atoms with E-state index < -0.39 is 11.6 Å². The summed E-state index contributed by atoms with van der Waals surface area (Å²) in [4.78, 5) is 26.4. The molecule has 2 aliphatic rings. The van der Waals surface area contributed by atoms with Gasteiger partial charge in [-0.2, -0.15) is 0 Å². The van der Waals surface area contributed by atoms with Crippen LogP contribution in [0.3, 0.4) is 0 Å². The smallest absolute Gasteiger partial charge is 0.249 e. The van der Waals surface area contributed by atoms with Crippen molar-refractivity contribution < 1.29 is 19.1 Å². The summed E-state index contributed by atoms with van der Waals surface area (Å²) in [6.07, 6.45) is 3.51. The van der Waals surface area contributed by atoms with Crippen LogP contribution in [0.25, 0.3) is 0 Å². The molecular formula is C14H24N2O4. The molecule has 1 spiro atoms. The summed E-state index contributed by atoms with van der Waals surface area (Å²) < 4.78 is 10.3. The van der Waals surface area contributed by atoms with Gasteiger partial charge in [-0.1, -0.05) is 12.8 Å². The lowest BCUT2D eigenvalue weighted by molar-refractivity contribution is -0.155. The lowest BCUT2D eigenvalue weighted by atomic mass is 9.91. The molecule has 0 aromatic heterocycles. The standard InChI is InChI=1S/C14H24N2O4/c1-11-12(17)15-14(5-3-4-6-14)13(18)16(11)7-8-20-10-9-19-2/h11H,3-10H2,1-2H3,(H,15,17). The zero-order chi connectivity index (χ0) is 14.6. The van der Waals surface area contributed by atoms with E-state index in [1.165, 1.54) is 0 Å². The molecular weight excluding hydrogens is 260 g/mol. The minimum absolute atomic E-state index is 0.0524. The molecule has 1 saturated heterocycles. The first-order valence-electron chi connectivity index (χ1n) is 7.30. The molecule has 0 bridgehead atoms. The van der Waals surface area contributed by atoms with Gasteiger partial charge in [0.1, 0.15) is 11.6 Å². The SMILES string of the molecule is COCCOCCN1C(=O)C2(CCCC2)NC(=O)C1C. The number of hydrogen-bond donors (Lipinski definition) is 1. The predicted octanol–water partition coefficient (Wildman–Crippen LogP) is 0.309. The van der Waals surface area contributed by atoms with Crippen LogP contribution in [0.4, 0.5) is 0 Å². The van der Waals surface area contributed by atoms with Crippen molar-refractivity contribution in [2.24, 2.45) is 0 Å². The molecule has 1 heterocycles. The number of hydrogen-bond acceptors (Lipinski definition) is 4. The molecule has 2 fully saturated rings. The maximum absolute atomic E-state index is 12.7. The minimum Gasteiger partial charge on any atom is -0.382 e. The van der Waals surface area contributed by atoms with E-state index in [4.69, 9.17) is 9.47 Å². The van der Waals surface area contributed by atoms with Crippen LogP contribution >= 0.6 is 0 Å². The molecule has 6 nitrogen and oxygen atoms in total. The second-order valence-electron chi connectivity index (χ2n) is 5.56. The molecule has 0 radical (unpaired) electrons. The average molecular weight is 284 g/mol. The van der Waals surface area contributed by atoms with E-state index in [0.717, 1.165) is 25.7 Å². The number of amides is 2. The zero-order valence-electron chi connectivity index (χ0n) is 12.3. The first-order valence-corrected chi connectivity index (χ1v) is 7.30. The Morgan fingerprint density at radius 2 is 1.95 bits per heavy atom. The maximum Gasteiger partial charge on any atom is 0.249 e. The van der Waals surface area contributed by atoms with Crippen molar-refractivity contribution >= 4 is 11.8 Å². The summed E-state index contributed by atoms with van der Waals surface area (Å²) >= 11 is 0. The summed E-state index contributed by atoms with van der Waals surface area (Å²) in [5.41, 5.74) is -0.643. The van der Waals surface area contributed by atoms with Crippen molar-refractivity contribution in [1.82, 2.24) is 10.2 Å². The number of ether oxygens (including phenoxy) is 2. The molecule has 0 aromatic carbocycles. The quantitative estimate of drug-likeness (QED) is 0.713. The third-order valence-corrected chi connectivity index (χ3v) is 4.25. The summed E-state index contributed by atoms with van der Waals surface area (Å²) in [5.74, 6) is 0.000771. The Labute approximate surface area is 119 Å². The van der Waals surface area contributed by atoms with E-state index in [1.807, 2.05) is 0 Å². The highest BCUT2D eigenvalue weighted by Crippen LogP contribution is 2.34. The van der Waals surface area contributed by atoms with Crippen molar-refractivity contribution in [2.45, 2.75) is 44.2 Å². The molecule has 0 aromatic rings. The van der Waals surface area contributed by atoms with E-state index in [1.54, 1.807) is 18.9 Å². The van der Waals surface area contributed by atoms with E-state index >= 15 is 0 Å². The van der Waals surface area contributed by atoms with Gasteiger partial charge in [0.25, 0.3) is 0 Å². The highest BCUT2D eigenvalue weighted by atomic mass is 16.5. The molecule has 1 aliphatic heterocycles. The second kappa shape index (κ2) is 6.54. The van der Waals surface area contributed by atoms with E-state index in [2.05, 4.69) is 5.32 Å². The number of carbonyl (C=O) groups is 2. The molecule has 1 aliphatic carbocycles. The van der Waals surface area contributed by atoms with Crippen LogP contribution in [0.2, 0.25) is 0 Å². The monoisotopic (exact) mass is 284 g/mol. The van der Waals surface area contributed by atoms with Gasteiger partial charge >= 0.3 is 0 Å². The minimum atomic E-state index is -0.643. The molecule has 114 valence electrons. The van der Waals surface area contributed by atoms with Gasteiger partial charge in [0.15, 0.2) is 0 Å². The fraction of sp³-hybridized carbons (Fsp3) is 0.857. The fourth-order valence-corrected chi connectivity index (χ4v) is 3.01. The Morgan fingerprint density at radius 1 is 1.25 bits per heavy atom. The van der Waals surface area contributed by atoms with Crippen molar-refractivity contribution in [3.63, 3.8) is 0 Å². The number of nitrogens with one attached hydrogen (secondary N) is 1. The number of nitrogens with zero attached hydrogens (tertiary/aromatic N) is 1. The van der Waals surface area contributed by atoms with Crippen LogP contribution in [-0.2, 0) is 19.1 Å². The largest absolute Gasteiger partial charge is 0.382 e. The molecule has 20 heavy (non-hydrogen) atoms. The Hall–Kier alpha value is -1.14. The van der Waals surface area contributed by atoms with E-state index in [9.17, 15) is 9.59 Å². The van der Waals surface area contributed by atoms with Crippen LogP contribution in [0.1, 0.15) is 32.6 Å². The highest BCUT2D eigenvalue weighted by Gasteiger charge is 2.50. The first kappa shape index (κ1) is 15.3. The number of carbonyl (C=O) groups excluding carboxylic acids is 2. The van der Waals surface area contributed by atoms with Gasteiger partial charge in [-0.15, -0.1) is 0 Å². The number of rotatable bonds is 6. The molecule has 1 atom stereocenters. The lowest BCUT2D eigenvalue weighted by Gasteiger charge is -2.43. The van der Waals surface area contributed by atoms with Crippen molar-refractivity contribution in [3.8, 4) is 0 Å². The van der Waals surface area contributed by atoms with E-state index in [-0.39, 0.29) is 11.8 Å². The van der Waals surface area contributed by atoms with Crippen LogP contribution in [-0.4, -0.2) is 61.8 Å². The Bertz CT molecular complexity index is 366. The lowest BCUT2D eigenvalue weighted by Crippen LogP contribution is -2.69. The molecule has 2 amide bonds. The third kappa shape index (κ3) is 2.96. The topological polar surface area (TPSA) is 67.9 Å². The molecule has 1 unspecified atom stereocenters. The normalized spacial score (nSPS) is 25.3. The van der Waals surface area contributed by atoms with Gasteiger partial charge in [-0.3, -0.25) is 9.59 Å². The van der Waals surface area contributed by atoms with Gasteiger partial charge in [0, 0.05) is 13.7 Å². The molecule has 2 rings (SSSR count). The van der Waals surface area contributed by atoms with Gasteiger partial charge in [0.2, 0.25) is 11.8 Å². The zero-order valence-corrected chi connectivity index (χ0v) is 12.3. The molecule has 1 saturated carbocycles. The Kier molecular flexibility index (Phi) is 4.99. The molecule has 1 N–H and O–H groups in total. The number of piperazine rings is 1. The van der Waals surface area contributed by atoms with Crippen molar-refractivity contribution in [1.29, 1.82) is 0 Å². The summed E-state index contributed by atoms with van der Waals surface area (Å²) in [6, 6.07) is -0.417. The second-order valence-corrected chi connectivity index (χ2v) is 5.56. The van der Waals surface area contributed by atoms with Crippen LogP contribution < -0.4 is 5.32 Å². The van der Waals surface area contributed by atoms with Gasteiger partial charge in [0.05, 0.1) is 19.8 Å². The summed E-state index contributed by atoms with van der Waals surface area (Å²) in [5, 5.41) is 2.94. The highest BCUT2D eigenvalue weighted by molar-refractivity contribution is 5.99. The first-order chi connectivity index (χ1) is 9.60. The van der Waals surface area contributed by atoms with Crippen molar-refractivity contribution in [3.05, 3.63) is 0 Å². The predicted molar refractivity (Wildman–Crippen MR) is 73.2 cm³/mol. The molecule has 6 heteroatoms. The van der Waals surface area contributed by atoms with Crippen molar-refractivity contribution in [2.75, 3.05) is 33.5 Å². The van der Waals surface area contributed by atoms with Gasteiger partial charge in [-0.25, -0.2) is 0 Å². The summed E-state index contributed by atoms with van der Waals surface area (Å²) in [7, 11) is 1.62. The average Bonchev–Trinajstić information content (AvgIpc) is 2.89.